The van der Waals surface area contributed by atoms with Crippen LogP contribution in [0.1, 0.15) is 50.5 Å². The highest BCUT2D eigenvalue weighted by atomic mass is 16.3. The molecule has 1 aliphatic carbocycles. The average molecular weight is 250 g/mol. The second-order valence-corrected chi connectivity index (χ2v) is 5.44. The van der Waals surface area contributed by atoms with E-state index in [4.69, 9.17) is 4.42 Å². The van der Waals surface area contributed by atoms with Crippen LogP contribution in [0, 0.1) is 0 Å². The van der Waals surface area contributed by atoms with Gasteiger partial charge in [0, 0.05) is 37.2 Å². The molecule has 1 N–H and O–H groups in total. The van der Waals surface area contributed by atoms with Gasteiger partial charge in [-0.2, -0.15) is 0 Å². The highest BCUT2D eigenvalue weighted by molar-refractivity contribution is 5.23. The summed E-state index contributed by atoms with van der Waals surface area (Å²) in [5, 5.41) is 3.67. The SMILES string of the molecule is CCC(C)N(C)CCNC1CCCc2occc21. The number of aryl methyl sites for hydroxylation is 1. The van der Waals surface area contributed by atoms with E-state index in [0.29, 0.717) is 12.1 Å². The van der Waals surface area contributed by atoms with E-state index in [2.05, 4.69) is 37.2 Å². The average Bonchev–Trinajstić information content (AvgIpc) is 2.86. The van der Waals surface area contributed by atoms with Crippen LogP contribution in [0.5, 0.6) is 0 Å². The van der Waals surface area contributed by atoms with Crippen molar-refractivity contribution in [1.82, 2.24) is 10.2 Å². The number of hydrogen-bond acceptors (Lipinski definition) is 3. The molecule has 102 valence electrons. The Labute approximate surface area is 111 Å². The molecule has 1 aromatic rings. The standard InChI is InChI=1S/C15H26N2O/c1-4-12(2)17(3)10-9-16-14-6-5-7-15-13(14)8-11-18-15/h8,11-12,14,16H,4-7,9-10H2,1-3H3. The molecule has 1 aromatic heterocycles. The molecule has 2 rings (SSSR count). The van der Waals surface area contributed by atoms with Gasteiger partial charge in [-0.15, -0.1) is 0 Å². The number of rotatable bonds is 6. The van der Waals surface area contributed by atoms with E-state index in [1.54, 1.807) is 0 Å². The molecule has 0 amide bonds. The molecule has 2 unspecified atom stereocenters. The number of furan rings is 1. The normalized spacial score (nSPS) is 21.0. The monoisotopic (exact) mass is 250 g/mol. The van der Waals surface area contributed by atoms with Gasteiger partial charge in [0.15, 0.2) is 0 Å². The van der Waals surface area contributed by atoms with Crippen LogP contribution in [0.15, 0.2) is 16.7 Å². The fraction of sp³-hybridized carbons (Fsp3) is 0.733. The molecular weight excluding hydrogens is 224 g/mol. The first-order valence-electron chi connectivity index (χ1n) is 7.22. The van der Waals surface area contributed by atoms with E-state index in [1.165, 1.54) is 30.6 Å². The second-order valence-electron chi connectivity index (χ2n) is 5.44. The summed E-state index contributed by atoms with van der Waals surface area (Å²) in [6.45, 7) is 6.69. The van der Waals surface area contributed by atoms with Crippen molar-refractivity contribution in [2.45, 2.75) is 51.6 Å². The molecular formula is C15H26N2O. The largest absolute Gasteiger partial charge is 0.469 e. The van der Waals surface area contributed by atoms with Crippen LogP contribution in [0.25, 0.3) is 0 Å². The van der Waals surface area contributed by atoms with Gasteiger partial charge in [-0.05, 0) is 39.3 Å². The molecule has 0 radical (unpaired) electrons. The summed E-state index contributed by atoms with van der Waals surface area (Å²) < 4.78 is 5.52. The topological polar surface area (TPSA) is 28.4 Å². The maximum atomic E-state index is 5.52. The lowest BCUT2D eigenvalue weighted by Crippen LogP contribution is -2.36. The summed E-state index contributed by atoms with van der Waals surface area (Å²) >= 11 is 0. The Hall–Kier alpha value is -0.800. The molecule has 0 aromatic carbocycles. The van der Waals surface area contributed by atoms with Crippen LogP contribution >= 0.6 is 0 Å². The van der Waals surface area contributed by atoms with Crippen molar-refractivity contribution in [3.05, 3.63) is 23.7 Å². The predicted molar refractivity (Wildman–Crippen MR) is 74.8 cm³/mol. The Bertz CT molecular complexity index is 361. The molecule has 0 saturated carbocycles. The Balaban J connectivity index is 1.79. The van der Waals surface area contributed by atoms with Crippen molar-refractivity contribution in [1.29, 1.82) is 0 Å². The van der Waals surface area contributed by atoms with Gasteiger partial charge < -0.3 is 14.6 Å². The number of nitrogens with one attached hydrogen (secondary N) is 1. The first-order valence-corrected chi connectivity index (χ1v) is 7.22. The summed E-state index contributed by atoms with van der Waals surface area (Å²) in [6.07, 6.45) is 6.62. The molecule has 0 fully saturated rings. The number of fused-ring (bicyclic) bond motifs is 1. The van der Waals surface area contributed by atoms with Crippen molar-refractivity contribution in [2.24, 2.45) is 0 Å². The van der Waals surface area contributed by atoms with Crippen molar-refractivity contribution in [3.8, 4) is 0 Å². The van der Waals surface area contributed by atoms with Crippen LogP contribution in [-0.2, 0) is 6.42 Å². The summed E-state index contributed by atoms with van der Waals surface area (Å²) in [7, 11) is 2.21. The van der Waals surface area contributed by atoms with Gasteiger partial charge >= 0.3 is 0 Å². The van der Waals surface area contributed by atoms with Crippen molar-refractivity contribution in [2.75, 3.05) is 20.1 Å². The zero-order valence-corrected chi connectivity index (χ0v) is 11.9. The minimum absolute atomic E-state index is 0.498. The van der Waals surface area contributed by atoms with Crippen LogP contribution in [0.3, 0.4) is 0 Å². The molecule has 18 heavy (non-hydrogen) atoms. The minimum Gasteiger partial charge on any atom is -0.469 e. The summed E-state index contributed by atoms with van der Waals surface area (Å²) in [6, 6.07) is 3.30. The lowest BCUT2D eigenvalue weighted by atomic mass is 9.93. The molecule has 0 bridgehead atoms. The first kappa shape index (κ1) is 13.6. The molecule has 0 saturated heterocycles. The maximum Gasteiger partial charge on any atom is 0.108 e. The van der Waals surface area contributed by atoms with Gasteiger partial charge in [0.1, 0.15) is 5.76 Å². The molecule has 2 atom stereocenters. The second kappa shape index (κ2) is 6.39. The lowest BCUT2D eigenvalue weighted by Gasteiger charge is -2.27. The van der Waals surface area contributed by atoms with Gasteiger partial charge in [-0.1, -0.05) is 6.92 Å². The zero-order valence-electron chi connectivity index (χ0n) is 11.9. The highest BCUT2D eigenvalue weighted by Gasteiger charge is 2.21. The number of hydrogen-bond donors (Lipinski definition) is 1. The Morgan fingerprint density at radius 3 is 3.17 bits per heavy atom. The van der Waals surface area contributed by atoms with Crippen LogP contribution in [0.4, 0.5) is 0 Å². The van der Waals surface area contributed by atoms with E-state index >= 15 is 0 Å². The van der Waals surface area contributed by atoms with E-state index in [9.17, 15) is 0 Å². The molecule has 1 heterocycles. The van der Waals surface area contributed by atoms with Crippen LogP contribution < -0.4 is 5.32 Å². The minimum atomic E-state index is 0.498. The van der Waals surface area contributed by atoms with Gasteiger partial charge in [-0.3, -0.25) is 0 Å². The lowest BCUT2D eigenvalue weighted by molar-refractivity contribution is 0.246. The summed E-state index contributed by atoms with van der Waals surface area (Å²) in [5.41, 5.74) is 1.38. The zero-order chi connectivity index (χ0) is 13.0. The summed E-state index contributed by atoms with van der Waals surface area (Å²) in [4.78, 5) is 2.42. The third-order valence-corrected chi connectivity index (χ3v) is 4.25. The van der Waals surface area contributed by atoms with Gasteiger partial charge in [0.2, 0.25) is 0 Å². The van der Waals surface area contributed by atoms with E-state index < -0.39 is 0 Å². The van der Waals surface area contributed by atoms with Gasteiger partial charge in [0.05, 0.1) is 6.26 Å². The highest BCUT2D eigenvalue weighted by Crippen LogP contribution is 2.30. The van der Waals surface area contributed by atoms with E-state index in [-0.39, 0.29) is 0 Å². The third kappa shape index (κ3) is 3.15. The molecule has 3 nitrogen and oxygen atoms in total. The smallest absolute Gasteiger partial charge is 0.108 e. The number of likely N-dealkylation sites (N-methyl/N-ethyl adjacent to an activating group) is 1. The first-order chi connectivity index (χ1) is 8.72. The Kier molecular flexibility index (Phi) is 4.84. The fourth-order valence-corrected chi connectivity index (χ4v) is 2.65. The molecule has 0 aliphatic heterocycles. The predicted octanol–water partition coefficient (Wildman–Crippen LogP) is 2.98. The van der Waals surface area contributed by atoms with Crippen LogP contribution in [0.2, 0.25) is 0 Å². The molecule has 3 heteroatoms. The number of nitrogens with zero attached hydrogens (tertiary/aromatic N) is 1. The van der Waals surface area contributed by atoms with Crippen LogP contribution in [-0.4, -0.2) is 31.1 Å². The molecule has 0 spiro atoms. The Morgan fingerprint density at radius 1 is 1.56 bits per heavy atom. The maximum absolute atomic E-state index is 5.52. The summed E-state index contributed by atoms with van der Waals surface area (Å²) in [5.74, 6) is 1.19. The third-order valence-electron chi connectivity index (χ3n) is 4.25. The van der Waals surface area contributed by atoms with Crippen molar-refractivity contribution in [3.63, 3.8) is 0 Å². The van der Waals surface area contributed by atoms with Gasteiger partial charge in [-0.25, -0.2) is 0 Å². The van der Waals surface area contributed by atoms with Crippen molar-refractivity contribution >= 4 is 0 Å². The van der Waals surface area contributed by atoms with E-state index in [1.807, 2.05) is 6.26 Å². The quantitative estimate of drug-likeness (QED) is 0.841. The van der Waals surface area contributed by atoms with Crippen molar-refractivity contribution < 1.29 is 4.42 Å². The molecule has 1 aliphatic rings. The Morgan fingerprint density at radius 2 is 2.39 bits per heavy atom. The van der Waals surface area contributed by atoms with Gasteiger partial charge in [0.25, 0.3) is 0 Å². The van der Waals surface area contributed by atoms with E-state index in [0.717, 1.165) is 19.5 Å². The fourth-order valence-electron chi connectivity index (χ4n) is 2.65.